The molecule has 2 aromatic heterocycles. The van der Waals surface area contributed by atoms with Crippen molar-refractivity contribution in [2.24, 2.45) is 0 Å². The third kappa shape index (κ3) is 3.96. The molecule has 1 fully saturated rings. The van der Waals surface area contributed by atoms with Crippen molar-refractivity contribution in [3.05, 3.63) is 71.8 Å². The number of rotatable bonds is 4. The number of hydrogen-bond acceptors (Lipinski definition) is 6. The predicted octanol–water partition coefficient (Wildman–Crippen LogP) is 3.08. The van der Waals surface area contributed by atoms with E-state index in [4.69, 9.17) is 9.97 Å². The summed E-state index contributed by atoms with van der Waals surface area (Å²) in [6.45, 7) is 5.35. The van der Waals surface area contributed by atoms with E-state index in [1.54, 1.807) is 4.68 Å². The van der Waals surface area contributed by atoms with Gasteiger partial charge in [-0.25, -0.2) is 27.5 Å². The van der Waals surface area contributed by atoms with Crippen LogP contribution in [0.25, 0.3) is 16.9 Å². The molecular weight excluding hydrogens is 443 g/mol. The summed E-state index contributed by atoms with van der Waals surface area (Å²) in [5.41, 5.74) is 3.35. The molecule has 0 atom stereocenters. The molecule has 1 aliphatic rings. The Morgan fingerprint density at radius 2 is 1.45 bits per heavy atom. The molecule has 0 amide bonds. The highest BCUT2D eigenvalue weighted by atomic mass is 32.2. The Hall–Kier alpha value is -3.37. The minimum Gasteiger partial charge on any atom is -0.351 e. The average molecular weight is 467 g/mol. The zero-order valence-electron chi connectivity index (χ0n) is 18.3. The van der Waals surface area contributed by atoms with Gasteiger partial charge in [0.2, 0.25) is 10.0 Å². The molecule has 0 aliphatic carbocycles. The van der Waals surface area contributed by atoms with E-state index >= 15 is 0 Å². The van der Waals surface area contributed by atoms with Crippen LogP contribution in [0, 0.1) is 19.7 Å². The minimum absolute atomic E-state index is 0.0891. The van der Waals surface area contributed by atoms with E-state index in [-0.39, 0.29) is 18.0 Å². The molecule has 3 heterocycles. The Labute approximate surface area is 191 Å². The number of para-hydroxylation sites is 2. The summed E-state index contributed by atoms with van der Waals surface area (Å²) < 4.78 is 42.4. The van der Waals surface area contributed by atoms with Gasteiger partial charge in [-0.1, -0.05) is 12.1 Å². The Morgan fingerprint density at radius 1 is 0.848 bits per heavy atom. The van der Waals surface area contributed by atoms with Crippen molar-refractivity contribution in [1.29, 1.82) is 0 Å². The molecule has 33 heavy (non-hydrogen) atoms. The Balaban J connectivity index is 1.47. The highest BCUT2D eigenvalue weighted by Gasteiger charge is 2.30. The third-order valence-corrected chi connectivity index (χ3v) is 7.65. The topological polar surface area (TPSA) is 84.2 Å². The zero-order valence-corrected chi connectivity index (χ0v) is 19.1. The number of halogens is 1. The van der Waals surface area contributed by atoms with E-state index in [1.165, 1.54) is 16.4 Å². The lowest BCUT2D eigenvalue weighted by Crippen LogP contribution is -2.49. The molecule has 10 heteroatoms. The summed E-state index contributed by atoms with van der Waals surface area (Å²) in [5.74, 6) is 0.818. The standard InChI is InChI=1S/C23H23FN6O2S/c1-16-15-17(2)30(27-16)23-22(25-20-5-3-4-6-21(20)26-23)28-11-13-29(14-12-28)33(31,32)19-9-7-18(24)8-10-19/h3-10,15H,11-14H2,1-2H3. The molecule has 0 spiro atoms. The maximum absolute atomic E-state index is 13.2. The zero-order chi connectivity index (χ0) is 23.2. The van der Waals surface area contributed by atoms with E-state index < -0.39 is 15.8 Å². The molecule has 2 aromatic carbocycles. The number of sulfonamides is 1. The molecule has 5 rings (SSSR count). The number of hydrogen-bond donors (Lipinski definition) is 0. The summed E-state index contributed by atoms with van der Waals surface area (Å²) in [7, 11) is -3.70. The van der Waals surface area contributed by atoms with Gasteiger partial charge in [-0.3, -0.25) is 0 Å². The van der Waals surface area contributed by atoms with Gasteiger partial charge < -0.3 is 4.90 Å². The number of nitrogens with zero attached hydrogens (tertiary/aromatic N) is 6. The molecule has 1 aliphatic heterocycles. The Bertz CT molecular complexity index is 1430. The molecule has 0 unspecified atom stereocenters. The fraction of sp³-hybridized carbons (Fsp3) is 0.261. The van der Waals surface area contributed by atoms with Crippen LogP contribution in [-0.4, -0.2) is 58.7 Å². The lowest BCUT2D eigenvalue weighted by atomic mass is 10.3. The van der Waals surface area contributed by atoms with Gasteiger partial charge in [0.25, 0.3) is 0 Å². The first-order valence-electron chi connectivity index (χ1n) is 10.6. The summed E-state index contributed by atoms with van der Waals surface area (Å²) in [4.78, 5) is 11.9. The lowest BCUT2D eigenvalue weighted by molar-refractivity contribution is 0.383. The van der Waals surface area contributed by atoms with Gasteiger partial charge in [0.1, 0.15) is 5.82 Å². The number of piperazine rings is 1. The van der Waals surface area contributed by atoms with Crippen LogP contribution in [0.4, 0.5) is 10.2 Å². The van der Waals surface area contributed by atoms with Crippen LogP contribution in [0.15, 0.2) is 59.5 Å². The second kappa shape index (κ2) is 8.20. The summed E-state index contributed by atoms with van der Waals surface area (Å²) in [5, 5.41) is 4.59. The quantitative estimate of drug-likeness (QED) is 0.460. The first kappa shape index (κ1) is 21.5. The van der Waals surface area contributed by atoms with Gasteiger partial charge >= 0.3 is 0 Å². The molecule has 4 aromatic rings. The Morgan fingerprint density at radius 3 is 2.03 bits per heavy atom. The summed E-state index contributed by atoms with van der Waals surface area (Å²) in [6.07, 6.45) is 0. The van der Waals surface area contributed by atoms with Crippen molar-refractivity contribution in [3.63, 3.8) is 0 Å². The van der Waals surface area contributed by atoms with Crippen molar-refractivity contribution in [2.45, 2.75) is 18.7 Å². The lowest BCUT2D eigenvalue weighted by Gasteiger charge is -2.35. The first-order chi connectivity index (χ1) is 15.8. The third-order valence-electron chi connectivity index (χ3n) is 5.73. The molecule has 1 saturated heterocycles. The van der Waals surface area contributed by atoms with E-state index in [0.29, 0.717) is 24.7 Å². The first-order valence-corrected chi connectivity index (χ1v) is 12.1. The van der Waals surface area contributed by atoms with Gasteiger partial charge in [0.15, 0.2) is 11.6 Å². The van der Waals surface area contributed by atoms with E-state index in [9.17, 15) is 12.8 Å². The van der Waals surface area contributed by atoms with E-state index in [0.717, 1.165) is 34.6 Å². The van der Waals surface area contributed by atoms with E-state index in [2.05, 4.69) is 5.10 Å². The van der Waals surface area contributed by atoms with Crippen molar-refractivity contribution in [3.8, 4) is 5.82 Å². The number of fused-ring (bicyclic) bond motifs is 1. The van der Waals surface area contributed by atoms with Gasteiger partial charge in [0, 0.05) is 31.9 Å². The van der Waals surface area contributed by atoms with Crippen LogP contribution in [0.5, 0.6) is 0 Å². The molecule has 0 saturated carbocycles. The number of aromatic nitrogens is 4. The monoisotopic (exact) mass is 466 g/mol. The van der Waals surface area contributed by atoms with Crippen LogP contribution in [0.3, 0.4) is 0 Å². The predicted molar refractivity (Wildman–Crippen MR) is 124 cm³/mol. The molecule has 170 valence electrons. The van der Waals surface area contributed by atoms with Crippen LogP contribution >= 0.6 is 0 Å². The fourth-order valence-corrected chi connectivity index (χ4v) is 5.50. The van der Waals surface area contributed by atoms with E-state index in [1.807, 2.05) is 49.1 Å². The van der Waals surface area contributed by atoms with Gasteiger partial charge in [-0.05, 0) is 56.3 Å². The molecule has 0 radical (unpaired) electrons. The molecular formula is C23H23FN6O2S. The van der Waals surface area contributed by atoms with Crippen molar-refractivity contribution >= 4 is 26.9 Å². The van der Waals surface area contributed by atoms with Crippen molar-refractivity contribution < 1.29 is 12.8 Å². The van der Waals surface area contributed by atoms with Gasteiger partial charge in [-0.2, -0.15) is 9.40 Å². The number of aryl methyl sites for hydroxylation is 2. The van der Waals surface area contributed by atoms with Crippen LogP contribution in [0.1, 0.15) is 11.4 Å². The van der Waals surface area contributed by atoms with Crippen LogP contribution in [-0.2, 0) is 10.0 Å². The summed E-state index contributed by atoms with van der Waals surface area (Å²) in [6, 6.07) is 14.6. The maximum atomic E-state index is 13.2. The highest BCUT2D eigenvalue weighted by molar-refractivity contribution is 7.89. The Kier molecular flexibility index (Phi) is 5.34. The maximum Gasteiger partial charge on any atom is 0.243 e. The van der Waals surface area contributed by atoms with Crippen LogP contribution < -0.4 is 4.90 Å². The number of benzene rings is 2. The number of anilines is 1. The highest BCUT2D eigenvalue weighted by Crippen LogP contribution is 2.27. The van der Waals surface area contributed by atoms with Crippen molar-refractivity contribution in [1.82, 2.24) is 24.1 Å². The van der Waals surface area contributed by atoms with Gasteiger partial charge in [0.05, 0.1) is 21.6 Å². The smallest absolute Gasteiger partial charge is 0.243 e. The second-order valence-corrected chi connectivity index (χ2v) is 9.98. The summed E-state index contributed by atoms with van der Waals surface area (Å²) >= 11 is 0. The van der Waals surface area contributed by atoms with Crippen molar-refractivity contribution in [2.75, 3.05) is 31.1 Å². The fourth-order valence-electron chi connectivity index (χ4n) is 4.07. The largest absolute Gasteiger partial charge is 0.351 e. The molecule has 0 N–H and O–H groups in total. The SMILES string of the molecule is Cc1cc(C)n(-c2nc3ccccc3nc2N2CCN(S(=O)(=O)c3ccc(F)cc3)CC2)n1. The average Bonchev–Trinajstić information content (AvgIpc) is 3.16. The molecule has 0 bridgehead atoms. The normalized spacial score (nSPS) is 15.3. The van der Waals surface area contributed by atoms with Crippen LogP contribution in [0.2, 0.25) is 0 Å². The molecule has 8 nitrogen and oxygen atoms in total. The second-order valence-electron chi connectivity index (χ2n) is 8.04. The minimum atomic E-state index is -3.70. The van der Waals surface area contributed by atoms with Gasteiger partial charge in [-0.15, -0.1) is 0 Å².